The van der Waals surface area contributed by atoms with Crippen molar-refractivity contribution in [2.45, 2.75) is 72.6 Å². The molecule has 6 aromatic heterocycles. The largest absolute Gasteiger partial charge is 1.00 e. The zero-order chi connectivity index (χ0) is 69.7. The molecule has 0 atom stereocenters. The SMILES string of the molecule is CCOC(=O)Cc1ccccc1OCc1cc(-c2cccc(CN)c2F)c2occc2n1.CCOC(=O)Cc1ccccc1OCc1cc(Br)c2occc2n1.Cl.NCc1cccc(-c2cc(COc3ccccc3CC(=O)O)nc3ccoc23)c1F.NCc1cccc(B(O)O)c1F.[Li+].[OH-]. The molecular weight excluding hydrogens is 1390 g/mol. The van der Waals surface area contributed by atoms with Crippen LogP contribution in [-0.2, 0) is 82.6 Å². The van der Waals surface area contributed by atoms with Crippen LogP contribution in [0.5, 0.6) is 17.2 Å². The molecule has 6 aromatic carbocycles. The molecule has 12 rings (SSSR count). The van der Waals surface area contributed by atoms with Gasteiger partial charge in [0, 0.05) is 98.9 Å². The number of aromatic nitrogens is 3. The molecule has 0 radical (unpaired) electrons. The molecular formula is C73H69BBrClF3LiN6O15. The number of aliphatic carboxylic acids is 1. The number of pyridine rings is 3. The summed E-state index contributed by atoms with van der Waals surface area (Å²) in [6, 6.07) is 46.7. The fourth-order valence-corrected chi connectivity index (χ4v) is 10.7. The summed E-state index contributed by atoms with van der Waals surface area (Å²) >= 11 is 3.47. The summed E-state index contributed by atoms with van der Waals surface area (Å²) in [6.45, 7) is 4.98. The Morgan fingerprint density at radius 1 is 0.475 bits per heavy atom. The predicted octanol–water partition coefficient (Wildman–Crippen LogP) is 9.56. The Labute approximate surface area is 604 Å². The smallest absolute Gasteiger partial charge is 0.870 e. The Hall–Kier alpha value is -9.82. The van der Waals surface area contributed by atoms with E-state index in [1.807, 2.05) is 48.5 Å². The zero-order valence-electron chi connectivity index (χ0n) is 54.9. The van der Waals surface area contributed by atoms with Gasteiger partial charge in [-0.25, -0.2) is 28.1 Å². The molecule has 0 spiro atoms. The third-order valence-electron chi connectivity index (χ3n) is 14.8. The molecule has 520 valence electrons. The third kappa shape index (κ3) is 21.1. The minimum Gasteiger partial charge on any atom is -0.870 e. The number of carbonyl (C=O) groups is 3. The van der Waals surface area contributed by atoms with E-state index in [9.17, 15) is 27.6 Å². The number of carboxylic acids is 1. The van der Waals surface area contributed by atoms with E-state index in [2.05, 4.69) is 30.9 Å². The minimum atomic E-state index is -1.78. The van der Waals surface area contributed by atoms with E-state index in [1.54, 1.807) is 117 Å². The molecule has 0 saturated heterocycles. The minimum absolute atomic E-state index is 0. The number of para-hydroxylation sites is 3. The average Bonchev–Trinajstić information content (AvgIpc) is 1.50. The van der Waals surface area contributed by atoms with E-state index >= 15 is 0 Å². The maximum atomic E-state index is 15.0. The molecule has 0 saturated carbocycles. The summed E-state index contributed by atoms with van der Waals surface area (Å²) in [5.41, 5.74) is 27.0. The van der Waals surface area contributed by atoms with Crippen LogP contribution < -0.4 is 55.7 Å². The Bertz CT molecular complexity index is 4740. The van der Waals surface area contributed by atoms with Gasteiger partial charge >= 0.3 is 43.9 Å². The summed E-state index contributed by atoms with van der Waals surface area (Å²) in [7, 11) is -1.78. The molecule has 10 N–H and O–H groups in total. The van der Waals surface area contributed by atoms with E-state index in [0.29, 0.717) is 115 Å². The van der Waals surface area contributed by atoms with E-state index in [4.69, 9.17) is 69.3 Å². The molecule has 0 unspecified atom stereocenters. The van der Waals surface area contributed by atoms with Crippen molar-refractivity contribution < 1.29 is 104 Å². The van der Waals surface area contributed by atoms with Gasteiger partial charge in [-0.2, -0.15) is 0 Å². The summed E-state index contributed by atoms with van der Waals surface area (Å²) in [5.74, 6) is -1.28. The maximum Gasteiger partial charge on any atom is 1.00 e. The van der Waals surface area contributed by atoms with E-state index in [-0.39, 0.29) is 118 Å². The monoisotopic (exact) mass is 1460 g/mol. The van der Waals surface area contributed by atoms with Crippen LogP contribution in [0.2, 0.25) is 0 Å². The first-order valence-corrected chi connectivity index (χ1v) is 31.5. The molecule has 21 nitrogen and oxygen atoms in total. The number of ether oxygens (including phenoxy) is 5. The Morgan fingerprint density at radius 3 is 1.21 bits per heavy atom. The van der Waals surface area contributed by atoms with Gasteiger partial charge in [-0.15, -0.1) is 12.4 Å². The molecule has 6 heterocycles. The molecule has 101 heavy (non-hydrogen) atoms. The van der Waals surface area contributed by atoms with Crippen molar-refractivity contribution in [3.63, 3.8) is 0 Å². The molecule has 0 aliphatic heterocycles. The van der Waals surface area contributed by atoms with Crippen molar-refractivity contribution in [1.82, 2.24) is 15.0 Å². The number of fused-ring (bicyclic) bond motifs is 3. The number of rotatable bonds is 23. The van der Waals surface area contributed by atoms with Crippen LogP contribution in [0.4, 0.5) is 13.2 Å². The number of esters is 2. The number of hydrogen-bond acceptors (Lipinski definition) is 20. The summed E-state index contributed by atoms with van der Waals surface area (Å²) in [6.07, 6.45) is 4.76. The molecule has 0 fully saturated rings. The second-order valence-electron chi connectivity index (χ2n) is 21.4. The molecule has 0 bridgehead atoms. The van der Waals surface area contributed by atoms with Gasteiger partial charge in [0.1, 0.15) is 71.1 Å². The number of halogens is 5. The van der Waals surface area contributed by atoms with Crippen molar-refractivity contribution >= 4 is 92.1 Å². The number of furan rings is 3. The number of hydrogen-bond donors (Lipinski definition) is 6. The number of benzene rings is 6. The van der Waals surface area contributed by atoms with Gasteiger partial charge in [-0.05, 0) is 66.2 Å². The van der Waals surface area contributed by atoms with Crippen molar-refractivity contribution in [3.8, 4) is 39.5 Å². The molecule has 28 heteroatoms. The van der Waals surface area contributed by atoms with Crippen LogP contribution >= 0.6 is 28.3 Å². The quantitative estimate of drug-likeness (QED) is 0.0256. The average molecular weight is 1460 g/mol. The first-order valence-electron chi connectivity index (χ1n) is 30.7. The van der Waals surface area contributed by atoms with E-state index in [0.717, 1.165) is 26.8 Å². The Balaban J connectivity index is 0.000000219. The van der Waals surface area contributed by atoms with Crippen molar-refractivity contribution in [1.29, 1.82) is 0 Å². The zero-order valence-corrected chi connectivity index (χ0v) is 57.4. The number of carboxylic acid groups (broad SMARTS) is 1. The van der Waals surface area contributed by atoms with Crippen LogP contribution in [0.3, 0.4) is 0 Å². The third-order valence-corrected chi connectivity index (χ3v) is 15.4. The number of nitrogens with two attached hydrogens (primary N) is 3. The van der Waals surface area contributed by atoms with Gasteiger partial charge in [0.25, 0.3) is 0 Å². The summed E-state index contributed by atoms with van der Waals surface area (Å²) in [4.78, 5) is 48.2. The molecule has 0 aliphatic carbocycles. The van der Waals surface area contributed by atoms with Crippen molar-refractivity contribution in [3.05, 3.63) is 255 Å². The van der Waals surface area contributed by atoms with Crippen LogP contribution in [-0.4, -0.2) is 73.8 Å². The first kappa shape index (κ1) is 80.2. The second-order valence-corrected chi connectivity index (χ2v) is 22.3. The normalized spacial score (nSPS) is 10.5. The molecule has 0 aliphatic rings. The van der Waals surface area contributed by atoms with Crippen LogP contribution in [0.15, 0.2) is 200 Å². The van der Waals surface area contributed by atoms with Gasteiger partial charge in [0.05, 0.1) is 72.8 Å². The van der Waals surface area contributed by atoms with Crippen LogP contribution in [0.25, 0.3) is 55.6 Å². The number of carbonyl (C=O) groups excluding carboxylic acids is 2. The van der Waals surface area contributed by atoms with E-state index < -0.39 is 24.7 Å². The molecule has 12 aromatic rings. The first-order chi connectivity index (χ1) is 47.5. The van der Waals surface area contributed by atoms with Crippen LogP contribution in [0.1, 0.15) is 64.3 Å². The Morgan fingerprint density at radius 2 is 0.822 bits per heavy atom. The molecule has 0 amide bonds. The summed E-state index contributed by atoms with van der Waals surface area (Å²) in [5, 5.41) is 26.5. The maximum absolute atomic E-state index is 15.0. The fourth-order valence-electron chi connectivity index (χ4n) is 10.2. The van der Waals surface area contributed by atoms with Gasteiger partial charge < -0.3 is 74.8 Å². The number of nitrogens with zero attached hydrogens (tertiary/aromatic N) is 3. The van der Waals surface area contributed by atoms with Crippen molar-refractivity contribution in [2.24, 2.45) is 17.2 Å². The summed E-state index contributed by atoms with van der Waals surface area (Å²) < 4.78 is 88.1. The van der Waals surface area contributed by atoms with Crippen molar-refractivity contribution in [2.75, 3.05) is 13.2 Å². The van der Waals surface area contributed by atoms with Gasteiger partial charge in [0.2, 0.25) is 0 Å². The second kappa shape index (κ2) is 39.2. The predicted molar refractivity (Wildman–Crippen MR) is 374 cm³/mol. The fraction of sp³-hybridized carbons (Fsp3) is 0.178. The Kier molecular flexibility index (Phi) is 31.2. The topological polar surface area (TPSA) is 344 Å². The van der Waals surface area contributed by atoms with E-state index in [1.165, 1.54) is 30.7 Å². The van der Waals surface area contributed by atoms with Gasteiger partial charge in [-0.3, -0.25) is 14.4 Å². The van der Waals surface area contributed by atoms with Gasteiger partial charge in [0.15, 0.2) is 16.7 Å². The standard InChI is InChI=1S/C25H23FN2O4.C23H19FN2O4.C18H16BrNO4.C7H9BFNO2.ClH.Li.H2O/c1-2-30-23(29)12-16-6-3-4-9-22(16)32-15-18-13-20(25-21(28-18)10-11-31-25)19-8-5-7-17(14-27)24(19)26;24-22-15(12-25)5-3-6-17(22)18-11-16(26-19-8-9-29-23(18)19)13-30-20-7-2-1-4-14(20)10-21(27)28;1-2-22-17(21)9-12-5-3-4-6-16(12)24-11-13-10-14(19)18-15(20-13)7-8-23-18;9-7-5(4-10)2-1-3-6(7)8(11)12;;;/h3-11,13H,2,12,14-15,27H2,1H3;1-9,11H,10,12-13,25H2,(H,27,28);3-8,10H,2,9,11H2,1H3;1-3,11-12H,4,10H2;1H;;1H2/q;;;;;+1;/p-1. The van der Waals surface area contributed by atoms with Gasteiger partial charge in [-0.1, -0.05) is 109 Å². The van der Waals surface area contributed by atoms with Crippen LogP contribution in [0, 0.1) is 17.5 Å².